The summed E-state index contributed by atoms with van der Waals surface area (Å²) >= 11 is 0. The van der Waals surface area contributed by atoms with Crippen LogP contribution in [0.15, 0.2) is 71.1 Å². The van der Waals surface area contributed by atoms with E-state index in [0.717, 1.165) is 36.1 Å². The van der Waals surface area contributed by atoms with Crippen molar-refractivity contribution < 1.29 is 23.1 Å². The van der Waals surface area contributed by atoms with E-state index in [4.69, 9.17) is 9.15 Å². The number of nitrogens with zero attached hydrogens (tertiary/aromatic N) is 2. The van der Waals surface area contributed by atoms with Crippen molar-refractivity contribution in [3.63, 3.8) is 0 Å². The fraction of sp³-hybridized carbons (Fsp3) is 0.400. The molecule has 0 radical (unpaired) electrons. The van der Waals surface area contributed by atoms with Crippen LogP contribution in [0.5, 0.6) is 0 Å². The van der Waals surface area contributed by atoms with Crippen molar-refractivity contribution in [3.05, 3.63) is 95.2 Å². The van der Waals surface area contributed by atoms with E-state index in [0.29, 0.717) is 18.9 Å². The van der Waals surface area contributed by atoms with Crippen LogP contribution in [-0.4, -0.2) is 47.4 Å². The molecular weight excluding hydrogens is 471 g/mol. The largest absolute Gasteiger partial charge is 0.464 e. The average Bonchev–Trinajstić information content (AvgIpc) is 3.33. The van der Waals surface area contributed by atoms with E-state index < -0.39 is 0 Å². The quantitative estimate of drug-likeness (QED) is 0.387. The molecule has 194 valence electrons. The van der Waals surface area contributed by atoms with E-state index in [9.17, 15) is 14.0 Å². The first-order valence-electron chi connectivity index (χ1n) is 13.0. The number of hydrogen-bond donors (Lipinski definition) is 0. The van der Waals surface area contributed by atoms with Gasteiger partial charge >= 0.3 is 0 Å². The van der Waals surface area contributed by atoms with Crippen LogP contribution in [0.2, 0.25) is 0 Å². The van der Waals surface area contributed by atoms with Gasteiger partial charge in [0.1, 0.15) is 17.3 Å². The Morgan fingerprint density at radius 2 is 1.76 bits per heavy atom. The van der Waals surface area contributed by atoms with Crippen LogP contribution in [-0.2, 0) is 27.4 Å². The smallest absolute Gasteiger partial charge is 0.242 e. The lowest BCUT2D eigenvalue weighted by Gasteiger charge is -2.29. The second-order valence-electron chi connectivity index (χ2n) is 10.1. The highest BCUT2D eigenvalue weighted by molar-refractivity contribution is 5.88. The van der Waals surface area contributed by atoms with Crippen LogP contribution < -0.4 is 0 Å². The van der Waals surface area contributed by atoms with E-state index in [2.05, 4.69) is 12.1 Å². The first-order chi connectivity index (χ1) is 18.0. The topological polar surface area (TPSA) is 63.0 Å². The van der Waals surface area contributed by atoms with Gasteiger partial charge in [0, 0.05) is 25.6 Å². The Balaban J connectivity index is 1.32. The highest BCUT2D eigenvalue weighted by Crippen LogP contribution is 2.48. The van der Waals surface area contributed by atoms with E-state index in [1.807, 2.05) is 37.3 Å². The summed E-state index contributed by atoms with van der Waals surface area (Å²) in [7, 11) is 0. The molecule has 6 nitrogen and oxygen atoms in total. The molecule has 3 atom stereocenters. The molecule has 2 fully saturated rings. The summed E-state index contributed by atoms with van der Waals surface area (Å²) in [6, 6.07) is 19.9. The molecule has 2 aromatic carbocycles. The fourth-order valence-corrected chi connectivity index (χ4v) is 5.10. The monoisotopic (exact) mass is 504 g/mol. The number of amides is 2. The van der Waals surface area contributed by atoms with E-state index in [1.165, 1.54) is 12.1 Å². The first-order valence-corrected chi connectivity index (χ1v) is 13.0. The third kappa shape index (κ3) is 6.46. The highest BCUT2D eigenvalue weighted by atomic mass is 19.1. The lowest BCUT2D eigenvalue weighted by molar-refractivity contribution is -0.143. The second kappa shape index (κ2) is 11.3. The number of aryl methyl sites for hydroxylation is 1. The van der Waals surface area contributed by atoms with Crippen LogP contribution in [0.4, 0.5) is 4.39 Å². The Bertz CT molecular complexity index is 1200. The summed E-state index contributed by atoms with van der Waals surface area (Å²) in [4.78, 5) is 30.7. The molecule has 0 bridgehead atoms. The summed E-state index contributed by atoms with van der Waals surface area (Å²) < 4.78 is 25.0. The van der Waals surface area contributed by atoms with Crippen LogP contribution in [0.1, 0.15) is 47.8 Å². The van der Waals surface area contributed by atoms with Crippen molar-refractivity contribution in [1.29, 1.82) is 0 Å². The van der Waals surface area contributed by atoms with Crippen LogP contribution in [0.3, 0.4) is 0 Å². The minimum Gasteiger partial charge on any atom is -0.464 e. The molecule has 1 aliphatic heterocycles. The van der Waals surface area contributed by atoms with E-state index in [-0.39, 0.29) is 55.2 Å². The Morgan fingerprint density at radius 3 is 2.43 bits per heavy atom. The summed E-state index contributed by atoms with van der Waals surface area (Å²) in [5.41, 5.74) is 1.97. The third-order valence-corrected chi connectivity index (χ3v) is 7.20. The van der Waals surface area contributed by atoms with Gasteiger partial charge in [-0.1, -0.05) is 42.5 Å². The molecule has 2 amide bonds. The van der Waals surface area contributed by atoms with Gasteiger partial charge in [0.25, 0.3) is 0 Å². The fourth-order valence-electron chi connectivity index (χ4n) is 5.10. The molecule has 1 saturated heterocycles. The van der Waals surface area contributed by atoms with E-state index in [1.54, 1.807) is 21.9 Å². The van der Waals surface area contributed by atoms with Gasteiger partial charge in [-0.05, 0) is 67.5 Å². The van der Waals surface area contributed by atoms with Crippen LogP contribution in [0, 0.1) is 18.7 Å². The van der Waals surface area contributed by atoms with Crippen molar-refractivity contribution in [2.24, 2.45) is 5.92 Å². The molecule has 0 N–H and O–H groups in total. The van der Waals surface area contributed by atoms with Crippen molar-refractivity contribution in [2.45, 2.75) is 51.3 Å². The molecule has 3 aromatic rings. The molecule has 0 spiro atoms. The molecule has 3 unspecified atom stereocenters. The van der Waals surface area contributed by atoms with Gasteiger partial charge in [0.05, 0.1) is 19.2 Å². The van der Waals surface area contributed by atoms with Gasteiger partial charge in [0.2, 0.25) is 11.8 Å². The second-order valence-corrected chi connectivity index (χ2v) is 10.1. The van der Waals surface area contributed by atoms with Gasteiger partial charge < -0.3 is 19.0 Å². The van der Waals surface area contributed by atoms with Crippen LogP contribution >= 0.6 is 0 Å². The van der Waals surface area contributed by atoms with Crippen LogP contribution in [0.25, 0.3) is 0 Å². The summed E-state index contributed by atoms with van der Waals surface area (Å²) in [5, 5.41) is 0. The van der Waals surface area contributed by atoms with Crippen molar-refractivity contribution in [1.82, 2.24) is 9.80 Å². The Labute approximate surface area is 217 Å². The predicted molar refractivity (Wildman–Crippen MR) is 137 cm³/mol. The number of ether oxygens (including phenoxy) is 1. The summed E-state index contributed by atoms with van der Waals surface area (Å²) in [6.45, 7) is 3.48. The molecular formula is C30H33FN2O4. The number of carbonyl (C=O) groups excluding carboxylic acids is 2. The highest BCUT2D eigenvalue weighted by Gasteiger charge is 2.46. The average molecular weight is 505 g/mol. The summed E-state index contributed by atoms with van der Waals surface area (Å²) in [6.07, 6.45) is 2.59. The molecule has 7 heteroatoms. The van der Waals surface area contributed by atoms with Gasteiger partial charge in [0.15, 0.2) is 0 Å². The minimum atomic E-state index is -0.325. The number of rotatable bonds is 10. The zero-order chi connectivity index (χ0) is 25.8. The zero-order valence-corrected chi connectivity index (χ0v) is 21.1. The normalized spacial score (nSPS) is 20.5. The Kier molecular flexibility index (Phi) is 7.70. The first kappa shape index (κ1) is 25.2. The molecule has 1 aliphatic carbocycles. The van der Waals surface area contributed by atoms with Gasteiger partial charge in [-0.3, -0.25) is 9.59 Å². The minimum absolute atomic E-state index is 0.00767. The molecule has 2 aliphatic rings. The molecule has 1 saturated carbocycles. The molecule has 1 aromatic heterocycles. The van der Waals surface area contributed by atoms with Crippen molar-refractivity contribution in [2.75, 3.05) is 19.7 Å². The predicted octanol–water partition coefficient (Wildman–Crippen LogP) is 5.07. The lowest BCUT2D eigenvalue weighted by Crippen LogP contribution is -2.46. The standard InChI is InChI=1S/C30H33FN2O4/c1-21-9-14-26(37-21)19-32(17-22-10-12-24(31)13-11-22)29(34)20-33(18-25-8-5-15-36-25)30(35)28-16-27(28)23-6-3-2-4-7-23/h2-4,6-7,9-14,25,27-28H,5,8,15-20H2,1H3. The summed E-state index contributed by atoms with van der Waals surface area (Å²) in [5.74, 6) is 1.01. The SMILES string of the molecule is Cc1ccc(CN(Cc2ccc(F)cc2)C(=O)CN(CC2CCCO2)C(=O)C2CC2c2ccccc2)o1. The number of carbonyl (C=O) groups is 2. The van der Waals surface area contributed by atoms with Crippen molar-refractivity contribution >= 4 is 11.8 Å². The molecule has 5 rings (SSSR count). The van der Waals surface area contributed by atoms with Crippen molar-refractivity contribution in [3.8, 4) is 0 Å². The maximum atomic E-state index is 13.7. The number of halogens is 1. The van der Waals surface area contributed by atoms with Gasteiger partial charge in [-0.2, -0.15) is 0 Å². The number of benzene rings is 2. The maximum absolute atomic E-state index is 13.7. The Morgan fingerprint density at radius 1 is 0.973 bits per heavy atom. The van der Waals surface area contributed by atoms with E-state index >= 15 is 0 Å². The molecule has 37 heavy (non-hydrogen) atoms. The zero-order valence-electron chi connectivity index (χ0n) is 21.1. The third-order valence-electron chi connectivity index (χ3n) is 7.20. The van der Waals surface area contributed by atoms with Gasteiger partial charge in [-0.15, -0.1) is 0 Å². The molecule has 2 heterocycles. The van der Waals surface area contributed by atoms with Gasteiger partial charge in [-0.25, -0.2) is 4.39 Å². The number of furan rings is 1. The number of hydrogen-bond acceptors (Lipinski definition) is 4. The Hall–Kier alpha value is -3.45. The lowest BCUT2D eigenvalue weighted by atomic mass is 10.1. The maximum Gasteiger partial charge on any atom is 0.242 e.